The highest BCUT2D eigenvalue weighted by Crippen LogP contribution is 2.24. The first-order chi connectivity index (χ1) is 9.51. The van der Waals surface area contributed by atoms with E-state index in [1.807, 2.05) is 38.1 Å². The molecule has 0 aliphatic heterocycles. The van der Waals surface area contributed by atoms with E-state index in [4.69, 9.17) is 4.74 Å². The molecule has 1 N–H and O–H groups in total. The zero-order valence-electron chi connectivity index (χ0n) is 12.5. The molecule has 0 fully saturated rings. The van der Waals surface area contributed by atoms with Gasteiger partial charge in [0.2, 0.25) is 0 Å². The van der Waals surface area contributed by atoms with E-state index >= 15 is 0 Å². The third-order valence-corrected chi connectivity index (χ3v) is 3.80. The number of rotatable bonds is 8. The molecule has 3 nitrogen and oxygen atoms in total. The van der Waals surface area contributed by atoms with Crippen LogP contribution in [0.1, 0.15) is 46.5 Å². The summed E-state index contributed by atoms with van der Waals surface area (Å²) in [4.78, 5) is 12.2. The molecule has 0 heterocycles. The van der Waals surface area contributed by atoms with E-state index in [0.717, 1.165) is 35.8 Å². The third-order valence-electron chi connectivity index (χ3n) is 3.27. The van der Waals surface area contributed by atoms with Gasteiger partial charge in [-0.1, -0.05) is 42.1 Å². The van der Waals surface area contributed by atoms with Gasteiger partial charge in [0.15, 0.2) is 0 Å². The predicted octanol–water partition coefficient (Wildman–Crippen LogP) is 4.76. The number of hydrogen-bond donors (Lipinski definition) is 1. The Kier molecular flexibility index (Phi) is 7.06. The lowest BCUT2D eigenvalue weighted by Crippen LogP contribution is -2.44. The molecule has 0 aliphatic rings. The molecule has 1 unspecified atom stereocenters. The molecule has 20 heavy (non-hydrogen) atoms. The summed E-state index contributed by atoms with van der Waals surface area (Å²) in [5, 5.41) is 3.33. The van der Waals surface area contributed by atoms with Crippen LogP contribution in [0, 0.1) is 0 Å². The average Bonchev–Trinajstić information content (AvgIpc) is 2.42. The van der Waals surface area contributed by atoms with Gasteiger partial charge in [-0.3, -0.25) is 0 Å². The lowest BCUT2D eigenvalue weighted by Gasteiger charge is -2.29. The summed E-state index contributed by atoms with van der Waals surface area (Å²) in [5.74, 6) is -0.181. The molecular formula is C16H24BrNO2. The van der Waals surface area contributed by atoms with Crippen LogP contribution in [0.25, 0.3) is 0 Å². The molecule has 0 radical (unpaired) electrons. The van der Waals surface area contributed by atoms with Crippen molar-refractivity contribution < 1.29 is 9.53 Å². The summed E-state index contributed by atoms with van der Waals surface area (Å²) in [6.45, 7) is 6.32. The van der Waals surface area contributed by atoms with Crippen LogP contribution in [0.2, 0.25) is 0 Å². The van der Waals surface area contributed by atoms with Crippen LogP contribution >= 0.6 is 15.9 Å². The lowest BCUT2D eigenvalue weighted by atomic mass is 9.94. The fraction of sp³-hybridized carbons (Fsp3) is 0.562. The minimum Gasteiger partial charge on any atom is -0.464 e. The van der Waals surface area contributed by atoms with Gasteiger partial charge >= 0.3 is 5.97 Å². The Morgan fingerprint density at radius 1 is 1.25 bits per heavy atom. The Hall–Kier alpha value is -1.03. The van der Waals surface area contributed by atoms with Crippen molar-refractivity contribution in [3.8, 4) is 0 Å². The van der Waals surface area contributed by atoms with E-state index < -0.39 is 5.54 Å². The Morgan fingerprint density at radius 2 is 1.90 bits per heavy atom. The monoisotopic (exact) mass is 341 g/mol. The third kappa shape index (κ3) is 5.16. The summed E-state index contributed by atoms with van der Waals surface area (Å²) >= 11 is 3.41. The highest BCUT2D eigenvalue weighted by molar-refractivity contribution is 9.10. The van der Waals surface area contributed by atoms with Crippen molar-refractivity contribution in [2.75, 3.05) is 11.9 Å². The maximum absolute atomic E-state index is 12.2. The van der Waals surface area contributed by atoms with E-state index in [2.05, 4.69) is 28.2 Å². The number of halogens is 1. The molecular weight excluding hydrogens is 318 g/mol. The molecule has 0 amide bonds. The zero-order chi connectivity index (χ0) is 15.0. The number of unbranched alkanes of at least 4 members (excludes halogenated alkanes) is 2. The van der Waals surface area contributed by atoms with Crippen molar-refractivity contribution >= 4 is 27.6 Å². The molecule has 1 rings (SSSR count). The van der Waals surface area contributed by atoms with E-state index in [9.17, 15) is 4.79 Å². The zero-order valence-corrected chi connectivity index (χ0v) is 14.1. The number of carbonyl (C=O) groups is 1. The number of anilines is 1. The second-order valence-electron chi connectivity index (χ2n) is 5.14. The number of ether oxygens (including phenoxy) is 1. The van der Waals surface area contributed by atoms with Gasteiger partial charge in [0.25, 0.3) is 0 Å². The van der Waals surface area contributed by atoms with Gasteiger partial charge in [0.05, 0.1) is 6.61 Å². The quantitative estimate of drug-likeness (QED) is 0.547. The second-order valence-corrected chi connectivity index (χ2v) is 6.06. The van der Waals surface area contributed by atoms with Crippen molar-refractivity contribution in [3.05, 3.63) is 28.7 Å². The number of esters is 1. The van der Waals surface area contributed by atoms with Gasteiger partial charge in [-0.15, -0.1) is 0 Å². The first-order valence-corrected chi connectivity index (χ1v) is 8.02. The summed E-state index contributed by atoms with van der Waals surface area (Å²) < 4.78 is 6.24. The van der Waals surface area contributed by atoms with Crippen LogP contribution in [-0.4, -0.2) is 18.1 Å². The van der Waals surface area contributed by atoms with E-state index in [0.29, 0.717) is 6.61 Å². The summed E-state index contributed by atoms with van der Waals surface area (Å²) in [6.07, 6.45) is 4.04. The maximum Gasteiger partial charge on any atom is 0.331 e. The molecule has 112 valence electrons. The molecule has 0 saturated carbocycles. The fourth-order valence-corrected chi connectivity index (χ4v) is 2.35. The van der Waals surface area contributed by atoms with Crippen molar-refractivity contribution in [1.82, 2.24) is 0 Å². The van der Waals surface area contributed by atoms with Crippen LogP contribution in [-0.2, 0) is 9.53 Å². The van der Waals surface area contributed by atoms with Gasteiger partial charge in [-0.2, -0.15) is 0 Å². The number of nitrogens with one attached hydrogen (secondary N) is 1. The first kappa shape index (κ1) is 17.0. The maximum atomic E-state index is 12.2. The SMILES string of the molecule is CCCCCC(C)(Nc1ccc(Br)cc1)C(=O)OCC. The number of benzene rings is 1. The molecule has 1 aromatic rings. The molecule has 4 heteroatoms. The molecule has 1 aromatic carbocycles. The Labute approximate surface area is 130 Å². The molecule has 1 atom stereocenters. The van der Waals surface area contributed by atoms with Crippen molar-refractivity contribution in [3.63, 3.8) is 0 Å². The Bertz CT molecular complexity index is 419. The summed E-state index contributed by atoms with van der Waals surface area (Å²) in [6, 6.07) is 7.84. The average molecular weight is 342 g/mol. The van der Waals surface area contributed by atoms with Crippen LogP contribution < -0.4 is 5.32 Å². The molecule has 0 saturated heterocycles. The Balaban J connectivity index is 2.80. The van der Waals surface area contributed by atoms with E-state index in [1.54, 1.807) is 0 Å². The Morgan fingerprint density at radius 3 is 2.45 bits per heavy atom. The largest absolute Gasteiger partial charge is 0.464 e. The van der Waals surface area contributed by atoms with Gasteiger partial charge in [0.1, 0.15) is 5.54 Å². The fourth-order valence-electron chi connectivity index (χ4n) is 2.09. The van der Waals surface area contributed by atoms with Crippen molar-refractivity contribution in [1.29, 1.82) is 0 Å². The predicted molar refractivity (Wildman–Crippen MR) is 86.9 cm³/mol. The first-order valence-electron chi connectivity index (χ1n) is 7.23. The minimum absolute atomic E-state index is 0.181. The number of hydrogen-bond acceptors (Lipinski definition) is 3. The second kappa shape index (κ2) is 8.30. The molecule has 0 aliphatic carbocycles. The van der Waals surface area contributed by atoms with Crippen molar-refractivity contribution in [2.24, 2.45) is 0 Å². The molecule has 0 spiro atoms. The van der Waals surface area contributed by atoms with Crippen LogP contribution in [0.4, 0.5) is 5.69 Å². The van der Waals surface area contributed by atoms with E-state index in [-0.39, 0.29) is 5.97 Å². The van der Waals surface area contributed by atoms with Gasteiger partial charge in [-0.25, -0.2) is 4.79 Å². The standard InChI is InChI=1S/C16H24BrNO2/c1-4-6-7-12-16(3,15(19)20-5-2)18-14-10-8-13(17)9-11-14/h8-11,18H,4-7,12H2,1-3H3. The highest BCUT2D eigenvalue weighted by atomic mass is 79.9. The molecule has 0 aromatic heterocycles. The number of carbonyl (C=O) groups excluding carboxylic acids is 1. The smallest absolute Gasteiger partial charge is 0.331 e. The summed E-state index contributed by atoms with van der Waals surface area (Å²) in [7, 11) is 0. The summed E-state index contributed by atoms with van der Waals surface area (Å²) in [5.41, 5.74) is 0.263. The van der Waals surface area contributed by atoms with Gasteiger partial charge in [0, 0.05) is 10.2 Å². The van der Waals surface area contributed by atoms with E-state index in [1.165, 1.54) is 0 Å². The minimum atomic E-state index is -0.668. The van der Waals surface area contributed by atoms with Gasteiger partial charge in [-0.05, 0) is 44.5 Å². The van der Waals surface area contributed by atoms with Crippen LogP contribution in [0.3, 0.4) is 0 Å². The van der Waals surface area contributed by atoms with Crippen LogP contribution in [0.5, 0.6) is 0 Å². The molecule has 0 bridgehead atoms. The topological polar surface area (TPSA) is 38.3 Å². The van der Waals surface area contributed by atoms with Crippen LogP contribution in [0.15, 0.2) is 28.7 Å². The van der Waals surface area contributed by atoms with Gasteiger partial charge < -0.3 is 10.1 Å². The lowest BCUT2D eigenvalue weighted by molar-refractivity contribution is -0.148. The highest BCUT2D eigenvalue weighted by Gasteiger charge is 2.34. The normalized spacial score (nSPS) is 13.6. The van der Waals surface area contributed by atoms with Crippen molar-refractivity contribution in [2.45, 2.75) is 52.0 Å².